The molecule has 166 valence electrons. The van der Waals surface area contributed by atoms with E-state index < -0.39 is 0 Å². The molecule has 1 aromatic carbocycles. The summed E-state index contributed by atoms with van der Waals surface area (Å²) in [5, 5.41) is 7.08. The largest absolute Gasteiger partial charge is 0.364 e. The van der Waals surface area contributed by atoms with Crippen LogP contribution in [0.1, 0.15) is 24.1 Å². The van der Waals surface area contributed by atoms with Gasteiger partial charge in [-0.25, -0.2) is 4.98 Å². The van der Waals surface area contributed by atoms with Crippen LogP contribution < -0.4 is 20.4 Å². The van der Waals surface area contributed by atoms with Crippen LogP contribution in [0.15, 0.2) is 59.6 Å². The summed E-state index contributed by atoms with van der Waals surface area (Å²) in [4.78, 5) is 13.8. The van der Waals surface area contributed by atoms with E-state index in [4.69, 9.17) is 0 Å². The van der Waals surface area contributed by atoms with Gasteiger partial charge in [-0.15, -0.1) is 24.0 Å². The summed E-state index contributed by atoms with van der Waals surface area (Å²) < 4.78 is 0. The number of pyridine rings is 1. The van der Waals surface area contributed by atoms with Gasteiger partial charge in [-0.05, 0) is 49.6 Å². The number of rotatable bonds is 5. The minimum Gasteiger partial charge on any atom is -0.364 e. The number of hydrogen-bond acceptors (Lipinski definition) is 4. The third-order valence-electron chi connectivity index (χ3n) is 5.81. The van der Waals surface area contributed by atoms with Crippen LogP contribution in [0.3, 0.4) is 0 Å². The average Bonchev–Trinajstić information content (AvgIpc) is 3.32. The Morgan fingerprint density at radius 2 is 1.81 bits per heavy atom. The fourth-order valence-corrected chi connectivity index (χ4v) is 4.08. The molecule has 6 nitrogen and oxygen atoms in total. The Bertz CT molecular complexity index is 896. The topological polar surface area (TPSA) is 55.8 Å². The highest BCUT2D eigenvalue weighted by molar-refractivity contribution is 14.0. The van der Waals surface area contributed by atoms with Crippen LogP contribution in [-0.2, 0) is 6.54 Å². The van der Waals surface area contributed by atoms with Gasteiger partial charge in [0.15, 0.2) is 5.96 Å². The van der Waals surface area contributed by atoms with Gasteiger partial charge in [0.1, 0.15) is 5.82 Å². The van der Waals surface area contributed by atoms with Crippen LogP contribution in [-0.4, -0.2) is 50.2 Å². The SMILES string of the molecule is CN=C(NCc1cccc(N2CC=CC2)c1)NC1CCN(c2cccc(C)n2)CC1.I. The number of benzene rings is 1. The Kier molecular flexibility index (Phi) is 8.57. The lowest BCUT2D eigenvalue weighted by Gasteiger charge is -2.34. The van der Waals surface area contributed by atoms with Gasteiger partial charge < -0.3 is 20.4 Å². The Hall–Kier alpha value is -2.29. The van der Waals surface area contributed by atoms with Crippen LogP contribution in [0.25, 0.3) is 0 Å². The summed E-state index contributed by atoms with van der Waals surface area (Å²) in [6.45, 7) is 6.83. The number of aromatic nitrogens is 1. The average molecular weight is 532 g/mol. The Labute approximate surface area is 202 Å². The molecule has 0 saturated carbocycles. The molecule has 0 radical (unpaired) electrons. The Morgan fingerprint density at radius 3 is 2.52 bits per heavy atom. The number of nitrogens with one attached hydrogen (secondary N) is 2. The van der Waals surface area contributed by atoms with Crippen molar-refractivity contribution in [3.63, 3.8) is 0 Å². The maximum absolute atomic E-state index is 4.66. The van der Waals surface area contributed by atoms with Gasteiger partial charge in [-0.3, -0.25) is 4.99 Å². The van der Waals surface area contributed by atoms with Crippen LogP contribution >= 0.6 is 24.0 Å². The molecule has 2 aliphatic heterocycles. The number of aliphatic imine (C=N–C) groups is 1. The zero-order valence-corrected chi connectivity index (χ0v) is 20.8. The van der Waals surface area contributed by atoms with E-state index in [1.165, 1.54) is 11.3 Å². The van der Waals surface area contributed by atoms with Crippen molar-refractivity contribution in [2.24, 2.45) is 4.99 Å². The predicted molar refractivity (Wildman–Crippen MR) is 141 cm³/mol. The summed E-state index contributed by atoms with van der Waals surface area (Å²) in [7, 11) is 1.84. The molecule has 2 aromatic rings. The highest BCUT2D eigenvalue weighted by atomic mass is 127. The minimum absolute atomic E-state index is 0. The van der Waals surface area contributed by atoms with E-state index in [9.17, 15) is 0 Å². The highest BCUT2D eigenvalue weighted by Gasteiger charge is 2.21. The summed E-state index contributed by atoms with van der Waals surface area (Å²) in [5.41, 5.74) is 3.62. The number of piperidine rings is 1. The summed E-state index contributed by atoms with van der Waals surface area (Å²) in [6.07, 6.45) is 6.59. The van der Waals surface area contributed by atoms with E-state index in [1.807, 2.05) is 20.0 Å². The number of halogens is 1. The summed E-state index contributed by atoms with van der Waals surface area (Å²) in [5.74, 6) is 1.96. The molecule has 0 spiro atoms. The number of aryl methyl sites for hydroxylation is 1. The molecule has 7 heteroatoms. The number of guanidine groups is 1. The van der Waals surface area contributed by atoms with E-state index >= 15 is 0 Å². The number of nitrogens with zero attached hydrogens (tertiary/aromatic N) is 4. The van der Waals surface area contributed by atoms with E-state index in [0.717, 1.165) is 63.0 Å². The lowest BCUT2D eigenvalue weighted by Crippen LogP contribution is -2.48. The summed E-state index contributed by atoms with van der Waals surface area (Å²) in [6, 6.07) is 15.4. The van der Waals surface area contributed by atoms with Crippen molar-refractivity contribution in [3.05, 3.63) is 65.9 Å². The van der Waals surface area contributed by atoms with Crippen LogP contribution in [0, 0.1) is 6.92 Å². The Morgan fingerprint density at radius 1 is 1.06 bits per heavy atom. The zero-order valence-electron chi connectivity index (χ0n) is 18.4. The molecular formula is C24H33IN6. The predicted octanol–water partition coefficient (Wildman–Crippen LogP) is 3.72. The third kappa shape index (κ3) is 6.35. The normalized spacial score (nSPS) is 16.9. The second-order valence-corrected chi connectivity index (χ2v) is 8.01. The van der Waals surface area contributed by atoms with Crippen molar-refractivity contribution in [3.8, 4) is 0 Å². The fraction of sp³-hybridized carbons (Fsp3) is 0.417. The van der Waals surface area contributed by atoms with Crippen molar-refractivity contribution in [2.45, 2.75) is 32.4 Å². The lowest BCUT2D eigenvalue weighted by atomic mass is 10.1. The molecule has 1 fully saturated rings. The number of hydrogen-bond donors (Lipinski definition) is 2. The van der Waals surface area contributed by atoms with Crippen molar-refractivity contribution in [1.29, 1.82) is 0 Å². The second kappa shape index (κ2) is 11.4. The van der Waals surface area contributed by atoms with Crippen molar-refractivity contribution in [2.75, 3.05) is 43.0 Å². The standard InChI is InChI=1S/C24H32N6.HI/c1-19-7-5-10-23(27-19)30-15-11-21(12-16-30)28-24(25-2)26-18-20-8-6-9-22(17-20)29-13-3-4-14-29;/h3-10,17,21H,11-16,18H2,1-2H3,(H2,25,26,28);1H. The molecule has 0 aliphatic carbocycles. The lowest BCUT2D eigenvalue weighted by molar-refractivity contribution is 0.459. The first-order valence-corrected chi connectivity index (χ1v) is 10.9. The smallest absolute Gasteiger partial charge is 0.191 e. The molecule has 0 atom stereocenters. The molecule has 1 saturated heterocycles. The van der Waals surface area contributed by atoms with E-state index in [0.29, 0.717) is 6.04 Å². The molecule has 0 bridgehead atoms. The van der Waals surface area contributed by atoms with Crippen molar-refractivity contribution >= 4 is 41.4 Å². The van der Waals surface area contributed by atoms with Gasteiger partial charge in [0.2, 0.25) is 0 Å². The highest BCUT2D eigenvalue weighted by Crippen LogP contribution is 2.19. The van der Waals surface area contributed by atoms with Gasteiger partial charge in [0, 0.05) is 57.2 Å². The molecular weight excluding hydrogens is 499 g/mol. The molecule has 0 amide bonds. The molecule has 0 unspecified atom stereocenters. The monoisotopic (exact) mass is 532 g/mol. The molecule has 4 rings (SSSR count). The zero-order chi connectivity index (χ0) is 20.8. The second-order valence-electron chi connectivity index (χ2n) is 8.01. The summed E-state index contributed by atoms with van der Waals surface area (Å²) >= 11 is 0. The van der Waals surface area contributed by atoms with E-state index in [1.54, 1.807) is 0 Å². The van der Waals surface area contributed by atoms with Crippen molar-refractivity contribution < 1.29 is 0 Å². The third-order valence-corrected chi connectivity index (χ3v) is 5.81. The van der Waals surface area contributed by atoms with Crippen LogP contribution in [0.2, 0.25) is 0 Å². The van der Waals surface area contributed by atoms with Crippen molar-refractivity contribution in [1.82, 2.24) is 15.6 Å². The van der Waals surface area contributed by atoms with Gasteiger partial charge in [0.05, 0.1) is 0 Å². The van der Waals surface area contributed by atoms with Gasteiger partial charge in [-0.2, -0.15) is 0 Å². The molecule has 1 aromatic heterocycles. The minimum atomic E-state index is 0. The fourth-order valence-electron chi connectivity index (χ4n) is 4.08. The van der Waals surface area contributed by atoms with Crippen LogP contribution in [0.4, 0.5) is 11.5 Å². The maximum Gasteiger partial charge on any atom is 0.191 e. The molecule has 2 N–H and O–H groups in total. The van der Waals surface area contributed by atoms with Crippen LogP contribution in [0.5, 0.6) is 0 Å². The molecule has 31 heavy (non-hydrogen) atoms. The molecule has 3 heterocycles. The maximum atomic E-state index is 4.66. The van der Waals surface area contributed by atoms with Gasteiger partial charge in [0.25, 0.3) is 0 Å². The Balaban J connectivity index is 0.00000272. The first-order valence-electron chi connectivity index (χ1n) is 10.9. The molecule has 2 aliphatic rings. The van der Waals surface area contributed by atoms with Gasteiger partial charge >= 0.3 is 0 Å². The van der Waals surface area contributed by atoms with Gasteiger partial charge in [-0.1, -0.05) is 30.4 Å². The van der Waals surface area contributed by atoms with E-state index in [-0.39, 0.29) is 24.0 Å². The number of anilines is 2. The quantitative estimate of drug-likeness (QED) is 0.266. The van der Waals surface area contributed by atoms with E-state index in [2.05, 4.69) is 79.0 Å². The first-order chi connectivity index (χ1) is 14.7. The first kappa shape index (κ1) is 23.4.